The van der Waals surface area contributed by atoms with Crippen molar-refractivity contribution in [3.63, 3.8) is 0 Å². The van der Waals surface area contributed by atoms with E-state index in [2.05, 4.69) is 0 Å². The van der Waals surface area contributed by atoms with Crippen molar-refractivity contribution in [1.82, 2.24) is 4.90 Å². The summed E-state index contributed by atoms with van der Waals surface area (Å²) in [5, 5.41) is 0. The molecule has 1 amide bonds. The van der Waals surface area contributed by atoms with Gasteiger partial charge in [-0.2, -0.15) is 0 Å². The molecule has 2 aromatic rings. The van der Waals surface area contributed by atoms with E-state index in [1.54, 1.807) is 24.1 Å². The molecule has 0 aromatic heterocycles. The third-order valence-corrected chi connectivity index (χ3v) is 4.17. The topological polar surface area (TPSA) is 57.2 Å². The van der Waals surface area contributed by atoms with Gasteiger partial charge in [-0.15, -0.1) is 0 Å². The minimum absolute atomic E-state index is 0.114. The summed E-state index contributed by atoms with van der Waals surface area (Å²) in [6.07, 6.45) is 0. The fourth-order valence-electron chi connectivity index (χ4n) is 2.98. The minimum Gasteiger partial charge on any atom is -0.486 e. The summed E-state index contributed by atoms with van der Waals surface area (Å²) in [7, 11) is 1.77. The van der Waals surface area contributed by atoms with Crippen LogP contribution in [-0.2, 0) is 6.54 Å². The lowest BCUT2D eigenvalue weighted by Crippen LogP contribution is -2.28. The molecular weight excluding hydrogens is 322 g/mol. The summed E-state index contributed by atoms with van der Waals surface area (Å²) in [6.45, 7) is 2.51. The number of nitrogens with zero attached hydrogens (tertiary/aromatic N) is 1. The maximum atomic E-state index is 12.8. The highest BCUT2D eigenvalue weighted by Crippen LogP contribution is 2.35. The molecule has 0 saturated heterocycles. The SMILES string of the molecule is CN(Cc1ccc2c(c1)OCCO2)C(=O)c1cccc2c1OCCO2. The molecular formula is C19H19NO5. The van der Waals surface area contributed by atoms with E-state index in [1.165, 1.54) is 0 Å². The highest BCUT2D eigenvalue weighted by Gasteiger charge is 2.23. The maximum absolute atomic E-state index is 12.8. The van der Waals surface area contributed by atoms with Crippen LogP contribution in [-0.4, -0.2) is 44.3 Å². The van der Waals surface area contributed by atoms with Gasteiger partial charge in [-0.05, 0) is 29.8 Å². The van der Waals surface area contributed by atoms with Crippen molar-refractivity contribution >= 4 is 5.91 Å². The van der Waals surface area contributed by atoms with Crippen LogP contribution >= 0.6 is 0 Å². The summed E-state index contributed by atoms with van der Waals surface area (Å²) in [4.78, 5) is 14.5. The number of para-hydroxylation sites is 1. The Labute approximate surface area is 145 Å². The number of carbonyl (C=O) groups excluding carboxylic acids is 1. The number of amides is 1. The van der Waals surface area contributed by atoms with Crippen molar-refractivity contribution in [3.8, 4) is 23.0 Å². The Morgan fingerprint density at radius 1 is 0.920 bits per heavy atom. The molecule has 6 nitrogen and oxygen atoms in total. The summed E-state index contributed by atoms with van der Waals surface area (Å²) in [5.74, 6) is 2.49. The molecule has 0 fully saturated rings. The van der Waals surface area contributed by atoms with Crippen molar-refractivity contribution in [2.24, 2.45) is 0 Å². The molecule has 0 saturated carbocycles. The van der Waals surface area contributed by atoms with Gasteiger partial charge in [0.25, 0.3) is 5.91 Å². The van der Waals surface area contributed by atoms with Crippen LogP contribution in [0.1, 0.15) is 15.9 Å². The van der Waals surface area contributed by atoms with Crippen molar-refractivity contribution in [2.75, 3.05) is 33.5 Å². The molecule has 2 aliphatic heterocycles. The largest absolute Gasteiger partial charge is 0.486 e. The van der Waals surface area contributed by atoms with Crippen LogP contribution in [0.15, 0.2) is 36.4 Å². The molecule has 0 N–H and O–H groups in total. The monoisotopic (exact) mass is 341 g/mol. The highest BCUT2D eigenvalue weighted by molar-refractivity contribution is 5.97. The van der Waals surface area contributed by atoms with E-state index in [0.717, 1.165) is 17.1 Å². The number of hydrogen-bond donors (Lipinski definition) is 0. The smallest absolute Gasteiger partial charge is 0.257 e. The predicted octanol–water partition coefficient (Wildman–Crippen LogP) is 2.50. The van der Waals surface area contributed by atoms with E-state index in [0.29, 0.717) is 50.0 Å². The third-order valence-electron chi connectivity index (χ3n) is 4.17. The molecule has 0 aliphatic carbocycles. The Morgan fingerprint density at radius 3 is 2.48 bits per heavy atom. The Kier molecular flexibility index (Phi) is 4.09. The molecule has 6 heteroatoms. The standard InChI is InChI=1S/C19H19NO5/c1-20(12-13-5-6-15-17(11-13)24-8-7-22-15)19(21)14-3-2-4-16-18(14)25-10-9-23-16/h2-6,11H,7-10,12H2,1H3. The first-order valence-electron chi connectivity index (χ1n) is 8.25. The van der Waals surface area contributed by atoms with Gasteiger partial charge in [0.2, 0.25) is 0 Å². The van der Waals surface area contributed by atoms with Crippen LogP contribution < -0.4 is 18.9 Å². The van der Waals surface area contributed by atoms with Gasteiger partial charge >= 0.3 is 0 Å². The molecule has 25 heavy (non-hydrogen) atoms. The molecule has 0 atom stereocenters. The number of benzene rings is 2. The number of ether oxygens (including phenoxy) is 4. The van der Waals surface area contributed by atoms with Crippen molar-refractivity contribution in [1.29, 1.82) is 0 Å². The fraction of sp³-hybridized carbons (Fsp3) is 0.316. The third kappa shape index (κ3) is 3.07. The number of rotatable bonds is 3. The first-order valence-corrected chi connectivity index (χ1v) is 8.25. The van der Waals surface area contributed by atoms with Gasteiger partial charge in [-0.1, -0.05) is 12.1 Å². The van der Waals surface area contributed by atoms with Crippen LogP contribution in [0, 0.1) is 0 Å². The maximum Gasteiger partial charge on any atom is 0.257 e. The number of fused-ring (bicyclic) bond motifs is 2. The second-order valence-electron chi connectivity index (χ2n) is 5.97. The fourth-order valence-corrected chi connectivity index (χ4v) is 2.98. The molecule has 0 spiro atoms. The summed E-state index contributed by atoms with van der Waals surface area (Å²) in [6, 6.07) is 11.1. The zero-order chi connectivity index (χ0) is 17.2. The first-order chi connectivity index (χ1) is 12.2. The van der Waals surface area contributed by atoms with E-state index >= 15 is 0 Å². The summed E-state index contributed by atoms with van der Waals surface area (Å²) >= 11 is 0. The van der Waals surface area contributed by atoms with Gasteiger partial charge in [0, 0.05) is 13.6 Å². The van der Waals surface area contributed by atoms with Gasteiger partial charge in [0.15, 0.2) is 23.0 Å². The zero-order valence-corrected chi connectivity index (χ0v) is 14.0. The molecule has 0 bridgehead atoms. The molecule has 2 heterocycles. The average Bonchev–Trinajstić information content (AvgIpc) is 2.67. The van der Waals surface area contributed by atoms with Gasteiger partial charge in [-0.25, -0.2) is 0 Å². The van der Waals surface area contributed by atoms with Crippen LogP contribution in [0.3, 0.4) is 0 Å². The van der Waals surface area contributed by atoms with Crippen molar-refractivity contribution in [2.45, 2.75) is 6.54 Å². The molecule has 2 aliphatic rings. The van der Waals surface area contributed by atoms with Crippen LogP contribution in [0.2, 0.25) is 0 Å². The zero-order valence-electron chi connectivity index (χ0n) is 14.0. The molecule has 0 unspecified atom stereocenters. The van der Waals surface area contributed by atoms with Crippen LogP contribution in [0.25, 0.3) is 0 Å². The second kappa shape index (κ2) is 6.55. The average molecular weight is 341 g/mol. The number of hydrogen-bond acceptors (Lipinski definition) is 5. The van der Waals surface area contributed by atoms with Crippen LogP contribution in [0.4, 0.5) is 0 Å². The van der Waals surface area contributed by atoms with Crippen molar-refractivity contribution < 1.29 is 23.7 Å². The quantitative estimate of drug-likeness (QED) is 0.858. The Balaban J connectivity index is 1.53. The summed E-state index contributed by atoms with van der Waals surface area (Å²) < 4.78 is 22.3. The van der Waals surface area contributed by atoms with Gasteiger partial charge in [0.1, 0.15) is 26.4 Å². The highest BCUT2D eigenvalue weighted by atomic mass is 16.6. The predicted molar refractivity (Wildman–Crippen MR) is 90.7 cm³/mol. The Hall–Kier alpha value is -2.89. The van der Waals surface area contributed by atoms with Gasteiger partial charge in [0.05, 0.1) is 5.56 Å². The Morgan fingerprint density at radius 2 is 1.64 bits per heavy atom. The summed E-state index contributed by atoms with van der Waals surface area (Å²) in [5.41, 5.74) is 1.49. The van der Waals surface area contributed by atoms with E-state index in [4.69, 9.17) is 18.9 Å². The van der Waals surface area contributed by atoms with Gasteiger partial charge < -0.3 is 23.8 Å². The first kappa shape index (κ1) is 15.6. The number of carbonyl (C=O) groups is 1. The van der Waals surface area contributed by atoms with Crippen LogP contribution in [0.5, 0.6) is 23.0 Å². The van der Waals surface area contributed by atoms with E-state index in [-0.39, 0.29) is 5.91 Å². The van der Waals surface area contributed by atoms with E-state index in [9.17, 15) is 4.79 Å². The lowest BCUT2D eigenvalue weighted by molar-refractivity contribution is 0.0774. The van der Waals surface area contributed by atoms with E-state index in [1.807, 2.05) is 24.3 Å². The van der Waals surface area contributed by atoms with Gasteiger partial charge in [-0.3, -0.25) is 4.79 Å². The molecule has 2 aromatic carbocycles. The molecule has 4 rings (SSSR count). The van der Waals surface area contributed by atoms with Crippen molar-refractivity contribution in [3.05, 3.63) is 47.5 Å². The molecule has 130 valence electrons. The second-order valence-corrected chi connectivity index (χ2v) is 5.97. The lowest BCUT2D eigenvalue weighted by Gasteiger charge is -2.24. The minimum atomic E-state index is -0.114. The normalized spacial score (nSPS) is 14.8. The lowest BCUT2D eigenvalue weighted by atomic mass is 10.1. The Bertz CT molecular complexity index is 804. The van der Waals surface area contributed by atoms with E-state index < -0.39 is 0 Å². The molecule has 0 radical (unpaired) electrons.